The third kappa shape index (κ3) is 10.4. The van der Waals surface area contributed by atoms with E-state index in [0.29, 0.717) is 12.8 Å². The quantitative estimate of drug-likeness (QED) is 0.0785. The van der Waals surface area contributed by atoms with Crippen LogP contribution in [-0.4, -0.2) is 70.3 Å². The number of ether oxygens (including phenoxy) is 4. The fourth-order valence-corrected chi connectivity index (χ4v) is 4.73. The summed E-state index contributed by atoms with van der Waals surface area (Å²) in [6.45, 7) is 8.30. The Morgan fingerprint density at radius 1 is 0.897 bits per heavy atom. The number of rotatable bonds is 16. The Hall–Kier alpha value is -3.32. The minimum atomic E-state index is -4.01. The van der Waals surface area contributed by atoms with Gasteiger partial charge >= 0.3 is 17.9 Å². The molecule has 1 unspecified atom stereocenters. The van der Waals surface area contributed by atoms with Gasteiger partial charge in [0.05, 0.1) is 28.6 Å². The van der Waals surface area contributed by atoms with Crippen LogP contribution in [0.15, 0.2) is 67.1 Å². The van der Waals surface area contributed by atoms with Crippen LogP contribution in [0.3, 0.4) is 0 Å². The van der Waals surface area contributed by atoms with Crippen molar-refractivity contribution in [1.29, 1.82) is 0 Å². The van der Waals surface area contributed by atoms with E-state index in [-0.39, 0.29) is 23.2 Å². The molecule has 0 bridgehead atoms. The Kier molecular flexibility index (Phi) is 12.5. The molecule has 1 saturated carbocycles. The molecule has 0 heterocycles. The molecule has 1 atom stereocenters. The van der Waals surface area contributed by atoms with Crippen LogP contribution in [-0.2, 0) is 42.8 Å². The van der Waals surface area contributed by atoms with Crippen molar-refractivity contribution < 1.29 is 51.0 Å². The summed E-state index contributed by atoms with van der Waals surface area (Å²) in [5.74, 6) is -2.43. The molecule has 214 valence electrons. The van der Waals surface area contributed by atoms with Gasteiger partial charge in [0.15, 0.2) is 6.29 Å². The summed E-state index contributed by atoms with van der Waals surface area (Å²) in [5.41, 5.74) is -1.41. The highest BCUT2D eigenvalue weighted by Crippen LogP contribution is 2.26. The summed E-state index contributed by atoms with van der Waals surface area (Å²) in [5, 5.41) is 9.76. The predicted octanol–water partition coefficient (Wildman–Crippen LogP) is 2.85. The molecule has 11 nitrogen and oxygen atoms in total. The van der Waals surface area contributed by atoms with Gasteiger partial charge in [0.2, 0.25) is 0 Å². The summed E-state index contributed by atoms with van der Waals surface area (Å²) >= 11 is 0. The molecule has 1 aliphatic rings. The maximum absolute atomic E-state index is 12.8. The fourth-order valence-electron chi connectivity index (χ4n) is 3.60. The number of aliphatic hydroxyl groups excluding tert-OH is 1. The lowest BCUT2D eigenvalue weighted by molar-refractivity contribution is -0.163. The van der Waals surface area contributed by atoms with E-state index in [1.165, 1.54) is 24.3 Å². The van der Waals surface area contributed by atoms with Crippen LogP contribution in [0, 0.1) is 5.41 Å². The van der Waals surface area contributed by atoms with Crippen LogP contribution in [0.4, 0.5) is 0 Å². The van der Waals surface area contributed by atoms with Gasteiger partial charge in [-0.25, -0.2) is 14.4 Å². The van der Waals surface area contributed by atoms with Gasteiger partial charge in [0.1, 0.15) is 19.8 Å². The van der Waals surface area contributed by atoms with E-state index >= 15 is 0 Å². The van der Waals surface area contributed by atoms with E-state index in [0.717, 1.165) is 37.5 Å². The third-order valence-corrected chi connectivity index (χ3v) is 7.21. The van der Waals surface area contributed by atoms with Crippen molar-refractivity contribution in [3.05, 3.63) is 67.8 Å². The number of carbonyl (C=O) groups excluding carboxylic acids is 3. The van der Waals surface area contributed by atoms with E-state index in [1.807, 2.05) is 0 Å². The normalized spacial score (nSPS) is 15.0. The largest absolute Gasteiger partial charge is 0.462 e. The topological polar surface area (TPSA) is 152 Å². The van der Waals surface area contributed by atoms with E-state index in [4.69, 9.17) is 23.1 Å². The highest BCUT2D eigenvalue weighted by atomic mass is 32.2. The summed E-state index contributed by atoms with van der Waals surface area (Å²) in [4.78, 5) is 36.1. The van der Waals surface area contributed by atoms with Gasteiger partial charge in [0.25, 0.3) is 10.1 Å². The lowest BCUT2D eigenvalue weighted by Crippen LogP contribution is -2.44. The Labute approximate surface area is 228 Å². The van der Waals surface area contributed by atoms with Gasteiger partial charge in [-0.2, -0.15) is 8.42 Å². The minimum absolute atomic E-state index is 0.0266. The molecule has 1 fully saturated rings. The first-order valence-electron chi connectivity index (χ1n) is 12.3. The van der Waals surface area contributed by atoms with Gasteiger partial charge in [-0.05, 0) is 43.2 Å². The van der Waals surface area contributed by atoms with Crippen LogP contribution in [0.5, 0.6) is 0 Å². The molecule has 0 spiro atoms. The van der Waals surface area contributed by atoms with Gasteiger partial charge in [-0.15, -0.1) is 0 Å². The predicted molar refractivity (Wildman–Crippen MR) is 139 cm³/mol. The molecule has 1 N–H and O–H groups in total. The zero-order valence-electron chi connectivity index (χ0n) is 21.6. The average Bonchev–Trinajstić information content (AvgIpc) is 2.95. The number of aliphatic hydroxyl groups is 1. The average molecular weight is 567 g/mol. The molecule has 0 amide bonds. The fraction of sp³-hybridized carbons (Fsp3) is 0.444. The maximum Gasteiger partial charge on any atom is 0.338 e. The van der Waals surface area contributed by atoms with Gasteiger partial charge < -0.3 is 24.1 Å². The zero-order valence-corrected chi connectivity index (χ0v) is 22.4. The summed E-state index contributed by atoms with van der Waals surface area (Å²) in [7, 11) is -4.01. The van der Waals surface area contributed by atoms with Crippen molar-refractivity contribution in [3.8, 4) is 0 Å². The third-order valence-electron chi connectivity index (χ3n) is 5.84. The van der Waals surface area contributed by atoms with Crippen LogP contribution >= 0.6 is 0 Å². The van der Waals surface area contributed by atoms with Crippen molar-refractivity contribution >= 4 is 28.0 Å². The van der Waals surface area contributed by atoms with Crippen molar-refractivity contribution in [1.82, 2.24) is 0 Å². The number of hydrogen-bond acceptors (Lipinski definition) is 11. The van der Waals surface area contributed by atoms with E-state index in [2.05, 4.69) is 19.7 Å². The van der Waals surface area contributed by atoms with Crippen LogP contribution in [0.2, 0.25) is 0 Å². The summed E-state index contributed by atoms with van der Waals surface area (Å²) < 4.78 is 51.5. The standard InChI is InChI=1S/C27H34O11S/c1-4-23(28)34-16-27(17-35-24(29)5-2,18-36-25(30)6-3)19-37-26(31)20-12-14-22(15-13-20)39(32,33)38-21-10-8-7-9-11-21/h4-6,12-15,21,23,28H,1-3,7-11,16-19H2. The number of benzene rings is 1. The monoisotopic (exact) mass is 566 g/mol. The highest BCUT2D eigenvalue weighted by molar-refractivity contribution is 7.86. The van der Waals surface area contributed by atoms with Gasteiger partial charge in [0, 0.05) is 12.2 Å². The van der Waals surface area contributed by atoms with E-state index in [1.54, 1.807) is 0 Å². The number of esters is 3. The Morgan fingerprint density at radius 2 is 1.44 bits per heavy atom. The Bertz CT molecular complexity index is 1090. The lowest BCUT2D eigenvalue weighted by atomic mass is 9.92. The molecule has 1 aromatic rings. The SMILES string of the molecule is C=CC(=O)OCC(COC(=O)C=C)(COC(=O)c1ccc(S(=O)(=O)OC2CCCCC2)cc1)COC(O)C=C. The minimum Gasteiger partial charge on any atom is -0.462 e. The van der Waals surface area contributed by atoms with Gasteiger partial charge in [-0.1, -0.05) is 39.0 Å². The molecular weight excluding hydrogens is 532 g/mol. The zero-order chi connectivity index (χ0) is 28.9. The van der Waals surface area contributed by atoms with Crippen LogP contribution in [0.25, 0.3) is 0 Å². The van der Waals surface area contributed by atoms with Crippen molar-refractivity contribution in [2.45, 2.75) is 49.4 Å². The second-order valence-corrected chi connectivity index (χ2v) is 10.5. The smallest absolute Gasteiger partial charge is 0.338 e. The Balaban J connectivity index is 2.16. The first-order chi connectivity index (χ1) is 18.5. The van der Waals surface area contributed by atoms with Gasteiger partial charge in [-0.3, -0.25) is 4.18 Å². The lowest BCUT2D eigenvalue weighted by Gasteiger charge is -2.32. The second-order valence-electron chi connectivity index (χ2n) is 8.97. The van der Waals surface area contributed by atoms with Crippen molar-refractivity contribution in [2.24, 2.45) is 5.41 Å². The van der Waals surface area contributed by atoms with E-state index < -0.39 is 59.6 Å². The molecule has 39 heavy (non-hydrogen) atoms. The molecule has 0 aromatic heterocycles. The first kappa shape index (κ1) is 31.9. The second kappa shape index (κ2) is 15.3. The molecule has 2 rings (SSSR count). The summed E-state index contributed by atoms with van der Waals surface area (Å²) in [6, 6.07) is 5.02. The van der Waals surface area contributed by atoms with E-state index in [9.17, 15) is 27.9 Å². The van der Waals surface area contributed by atoms with Crippen LogP contribution < -0.4 is 0 Å². The highest BCUT2D eigenvalue weighted by Gasteiger charge is 2.37. The van der Waals surface area contributed by atoms with Crippen molar-refractivity contribution in [3.63, 3.8) is 0 Å². The maximum atomic E-state index is 12.8. The summed E-state index contributed by atoms with van der Waals surface area (Å²) in [6.07, 6.45) is 5.35. The number of carbonyl (C=O) groups is 3. The molecule has 0 radical (unpaired) electrons. The molecule has 0 aliphatic heterocycles. The molecule has 1 aliphatic carbocycles. The molecule has 1 aromatic carbocycles. The molecule has 12 heteroatoms. The van der Waals surface area contributed by atoms with Crippen LogP contribution in [0.1, 0.15) is 42.5 Å². The number of hydrogen-bond donors (Lipinski definition) is 1. The first-order valence-corrected chi connectivity index (χ1v) is 13.7. The van der Waals surface area contributed by atoms with Crippen molar-refractivity contribution in [2.75, 3.05) is 26.4 Å². The molecule has 0 saturated heterocycles. The Morgan fingerprint density at radius 3 is 1.95 bits per heavy atom. The molecular formula is C27H34O11S.